The molecule has 0 bridgehead atoms. The third-order valence-electron chi connectivity index (χ3n) is 4.00. The van der Waals surface area contributed by atoms with Crippen molar-refractivity contribution in [3.63, 3.8) is 0 Å². The van der Waals surface area contributed by atoms with Crippen LogP contribution in [0.2, 0.25) is 0 Å². The molecule has 0 aliphatic rings. The lowest BCUT2D eigenvalue weighted by atomic mass is 10.2. The van der Waals surface area contributed by atoms with E-state index in [1.54, 1.807) is 31.3 Å². The Morgan fingerprint density at radius 3 is 2.71 bits per heavy atom. The Morgan fingerprint density at radius 2 is 1.86 bits per heavy atom. The van der Waals surface area contributed by atoms with Gasteiger partial charge in [0.05, 0.1) is 31.6 Å². The summed E-state index contributed by atoms with van der Waals surface area (Å²) < 4.78 is 16.2. The number of anilines is 1. The van der Waals surface area contributed by atoms with Crippen molar-refractivity contribution in [2.24, 2.45) is 0 Å². The summed E-state index contributed by atoms with van der Waals surface area (Å²) in [6.45, 7) is 0.483. The highest BCUT2D eigenvalue weighted by Gasteiger charge is 2.11. The number of nitrogens with one attached hydrogen (secondary N) is 1. The van der Waals surface area contributed by atoms with Crippen LogP contribution >= 0.6 is 0 Å². The minimum Gasteiger partial charge on any atom is -0.497 e. The molecule has 142 valence electrons. The number of hydrogen-bond donors (Lipinski definition) is 1. The van der Waals surface area contributed by atoms with E-state index in [1.807, 2.05) is 48.7 Å². The predicted molar refractivity (Wildman–Crippen MR) is 105 cm³/mol. The molecule has 4 rings (SSSR count). The van der Waals surface area contributed by atoms with Crippen LogP contribution in [0.15, 0.2) is 60.9 Å². The second-order valence-electron chi connectivity index (χ2n) is 5.99. The van der Waals surface area contributed by atoms with Crippen molar-refractivity contribution in [1.29, 1.82) is 0 Å². The Bertz CT molecular complexity index is 1100. The highest BCUT2D eigenvalue weighted by Crippen LogP contribution is 2.27. The van der Waals surface area contributed by atoms with Crippen molar-refractivity contribution >= 4 is 16.7 Å². The van der Waals surface area contributed by atoms with Crippen LogP contribution in [0.4, 0.5) is 5.82 Å². The van der Waals surface area contributed by atoms with E-state index in [0.717, 1.165) is 16.5 Å². The summed E-state index contributed by atoms with van der Waals surface area (Å²) in [7, 11) is 3.25. The normalized spacial score (nSPS) is 10.8. The van der Waals surface area contributed by atoms with E-state index in [4.69, 9.17) is 14.2 Å². The second kappa shape index (κ2) is 7.93. The topological polar surface area (TPSA) is 83.3 Å². The molecule has 0 atom stereocenters. The predicted octanol–water partition coefficient (Wildman–Crippen LogP) is 3.65. The van der Waals surface area contributed by atoms with Gasteiger partial charge < -0.3 is 14.2 Å². The Hall–Kier alpha value is -3.65. The molecule has 0 amide bonds. The maximum atomic E-state index is 5.86. The Labute approximate surface area is 161 Å². The molecule has 4 aromatic rings. The fourth-order valence-electron chi connectivity index (χ4n) is 2.73. The highest BCUT2D eigenvalue weighted by molar-refractivity contribution is 5.89. The fraction of sp³-hybridized carbons (Fsp3) is 0.150. The molecular formula is C20H19N5O3. The molecule has 8 heteroatoms. The lowest BCUT2D eigenvalue weighted by Crippen LogP contribution is -2.12. The van der Waals surface area contributed by atoms with E-state index < -0.39 is 0 Å². The van der Waals surface area contributed by atoms with Gasteiger partial charge in [-0.25, -0.2) is 0 Å². The summed E-state index contributed by atoms with van der Waals surface area (Å²) in [6, 6.07) is 15.2. The van der Waals surface area contributed by atoms with Crippen LogP contribution in [0.25, 0.3) is 10.9 Å². The molecule has 1 N–H and O–H groups in total. The average Bonchev–Trinajstić information content (AvgIpc) is 3.15. The van der Waals surface area contributed by atoms with Gasteiger partial charge in [-0.15, -0.1) is 0 Å². The van der Waals surface area contributed by atoms with Crippen molar-refractivity contribution in [2.75, 3.05) is 19.6 Å². The van der Waals surface area contributed by atoms with Gasteiger partial charge in [-0.2, -0.15) is 19.9 Å². The first-order valence-corrected chi connectivity index (χ1v) is 8.63. The van der Waals surface area contributed by atoms with Crippen molar-refractivity contribution in [3.8, 4) is 17.5 Å². The van der Waals surface area contributed by atoms with E-state index in [9.17, 15) is 0 Å². The summed E-state index contributed by atoms with van der Waals surface area (Å²) >= 11 is 0. The molecule has 0 aliphatic carbocycles. The van der Waals surface area contributed by atoms with Gasteiger partial charge in [-0.1, -0.05) is 18.2 Å². The quantitative estimate of drug-likeness (QED) is 0.526. The maximum Gasteiger partial charge on any atom is 0.324 e. The second-order valence-corrected chi connectivity index (χ2v) is 5.99. The van der Waals surface area contributed by atoms with Crippen LogP contribution in [0.1, 0.15) is 5.56 Å². The molecule has 2 aromatic carbocycles. The van der Waals surface area contributed by atoms with Crippen LogP contribution in [-0.4, -0.2) is 34.1 Å². The Kier molecular flexibility index (Phi) is 5.03. The first-order chi connectivity index (χ1) is 13.7. The monoisotopic (exact) mass is 377 g/mol. The zero-order valence-electron chi connectivity index (χ0n) is 15.5. The van der Waals surface area contributed by atoms with Crippen LogP contribution in [0, 0.1) is 0 Å². The number of fused-ring (bicyclic) bond motifs is 1. The molecule has 2 aromatic heterocycles. The summed E-state index contributed by atoms with van der Waals surface area (Å²) in [5.74, 6) is 1.86. The number of aromatic nitrogens is 4. The first kappa shape index (κ1) is 17.7. The van der Waals surface area contributed by atoms with Gasteiger partial charge in [-0.3, -0.25) is 5.43 Å². The van der Waals surface area contributed by atoms with Crippen molar-refractivity contribution in [3.05, 3.63) is 66.5 Å². The molecule has 0 spiro atoms. The van der Waals surface area contributed by atoms with Crippen LogP contribution < -0.4 is 14.9 Å². The fourth-order valence-corrected chi connectivity index (χ4v) is 2.73. The average molecular weight is 377 g/mol. The van der Waals surface area contributed by atoms with Crippen LogP contribution in [0.5, 0.6) is 17.5 Å². The molecule has 0 unspecified atom stereocenters. The van der Waals surface area contributed by atoms with Crippen molar-refractivity contribution in [2.45, 2.75) is 6.61 Å². The SMILES string of the molecule is COCc1cnn(Nc2nc(Oc3cccc(OC)c3)nc3ccccc23)c1. The van der Waals surface area contributed by atoms with Gasteiger partial charge in [0.2, 0.25) is 0 Å². The van der Waals surface area contributed by atoms with E-state index in [1.165, 1.54) is 0 Å². The molecule has 0 aliphatic heterocycles. The van der Waals surface area contributed by atoms with Crippen LogP contribution in [0.3, 0.4) is 0 Å². The maximum absolute atomic E-state index is 5.86. The number of rotatable bonds is 7. The summed E-state index contributed by atoms with van der Waals surface area (Å²) in [4.78, 5) is 10.6. The molecule has 0 saturated carbocycles. The van der Waals surface area contributed by atoms with Gasteiger partial charge in [0.25, 0.3) is 0 Å². The molecule has 0 radical (unpaired) electrons. The molecule has 2 heterocycles. The first-order valence-electron chi connectivity index (χ1n) is 8.63. The van der Waals surface area contributed by atoms with E-state index in [2.05, 4.69) is 20.5 Å². The number of ether oxygens (including phenoxy) is 3. The number of hydrogen-bond acceptors (Lipinski definition) is 7. The lowest BCUT2D eigenvalue weighted by molar-refractivity contribution is 0.185. The largest absolute Gasteiger partial charge is 0.497 e. The van der Waals surface area contributed by atoms with Gasteiger partial charge >= 0.3 is 6.01 Å². The van der Waals surface area contributed by atoms with Gasteiger partial charge in [-0.05, 0) is 24.3 Å². The molecule has 28 heavy (non-hydrogen) atoms. The minimum atomic E-state index is 0.221. The number of methoxy groups -OCH3 is 2. The molecule has 0 saturated heterocycles. The highest BCUT2D eigenvalue weighted by atomic mass is 16.5. The zero-order valence-corrected chi connectivity index (χ0v) is 15.5. The standard InChI is InChI=1S/C20H19N5O3/c1-26-13-14-11-21-25(12-14)24-19-17-8-3-4-9-18(17)22-20(23-19)28-16-7-5-6-15(10-16)27-2/h3-12H,13H2,1-2H3,(H,22,23,24). The Balaban J connectivity index is 1.68. The van der Waals surface area contributed by atoms with E-state index >= 15 is 0 Å². The summed E-state index contributed by atoms with van der Waals surface area (Å²) in [6.07, 6.45) is 3.57. The zero-order chi connectivity index (χ0) is 19.3. The lowest BCUT2D eigenvalue weighted by Gasteiger charge is -2.11. The number of benzene rings is 2. The molecule has 8 nitrogen and oxygen atoms in total. The van der Waals surface area contributed by atoms with Gasteiger partial charge in [0.15, 0.2) is 5.82 Å². The van der Waals surface area contributed by atoms with Crippen molar-refractivity contribution < 1.29 is 14.2 Å². The third-order valence-corrected chi connectivity index (χ3v) is 4.00. The van der Waals surface area contributed by atoms with E-state index in [-0.39, 0.29) is 6.01 Å². The molecular weight excluding hydrogens is 358 g/mol. The smallest absolute Gasteiger partial charge is 0.324 e. The van der Waals surface area contributed by atoms with Crippen LogP contribution in [-0.2, 0) is 11.3 Å². The van der Waals surface area contributed by atoms with Gasteiger partial charge in [0.1, 0.15) is 11.5 Å². The Morgan fingerprint density at radius 1 is 1.00 bits per heavy atom. The van der Waals surface area contributed by atoms with E-state index in [0.29, 0.717) is 23.9 Å². The summed E-state index contributed by atoms with van der Waals surface area (Å²) in [5, 5.41) is 5.13. The third kappa shape index (κ3) is 3.86. The number of para-hydroxylation sites is 1. The van der Waals surface area contributed by atoms with Crippen molar-refractivity contribution in [1.82, 2.24) is 19.9 Å². The minimum absolute atomic E-state index is 0.221. The molecule has 0 fully saturated rings. The number of nitrogens with zero attached hydrogens (tertiary/aromatic N) is 4. The van der Waals surface area contributed by atoms with Gasteiger partial charge in [0, 0.05) is 24.1 Å². The summed E-state index contributed by atoms with van der Waals surface area (Å²) in [5.41, 5.74) is 4.87.